The molecule has 0 fully saturated rings. The number of anilines is 1. The van der Waals surface area contributed by atoms with Gasteiger partial charge in [-0.25, -0.2) is 4.68 Å². The van der Waals surface area contributed by atoms with Gasteiger partial charge in [0.25, 0.3) is 0 Å². The van der Waals surface area contributed by atoms with Crippen LogP contribution in [0.3, 0.4) is 0 Å². The van der Waals surface area contributed by atoms with E-state index < -0.39 is 0 Å². The second-order valence-electron chi connectivity index (χ2n) is 7.37. The van der Waals surface area contributed by atoms with Crippen LogP contribution in [-0.4, -0.2) is 15.6 Å². The van der Waals surface area contributed by atoms with Gasteiger partial charge in [-0.3, -0.25) is 4.79 Å². The Kier molecular flexibility index (Phi) is 4.09. The first-order chi connectivity index (χ1) is 13.6. The Balaban J connectivity index is 1.75. The van der Waals surface area contributed by atoms with Crippen LogP contribution in [0.25, 0.3) is 11.1 Å². The van der Waals surface area contributed by atoms with Crippen molar-refractivity contribution in [3.05, 3.63) is 82.1 Å². The maximum atomic E-state index is 12.9. The van der Waals surface area contributed by atoms with Crippen molar-refractivity contribution in [2.24, 2.45) is 0 Å². The van der Waals surface area contributed by atoms with Crippen LogP contribution in [0, 0.1) is 6.92 Å². The smallest absolute Gasteiger partial charge is 0.163 e. The highest BCUT2D eigenvalue weighted by Crippen LogP contribution is 2.44. The third-order valence-electron chi connectivity index (χ3n) is 5.58. The summed E-state index contributed by atoms with van der Waals surface area (Å²) in [7, 11) is 0. The van der Waals surface area contributed by atoms with Gasteiger partial charge in [0, 0.05) is 28.3 Å². The SMILES string of the molecule is Cc1nn2c(c1-c1ccccc1)NC1=C(C(=O)CCC1)C2c1ccc(Cl)cc1. The number of fused-ring (bicyclic) bond motifs is 1. The molecule has 2 heterocycles. The zero-order valence-corrected chi connectivity index (χ0v) is 16.3. The van der Waals surface area contributed by atoms with Crippen molar-refractivity contribution in [2.45, 2.75) is 32.2 Å². The third-order valence-corrected chi connectivity index (χ3v) is 5.83. The molecule has 0 saturated carbocycles. The van der Waals surface area contributed by atoms with Crippen LogP contribution in [0.1, 0.15) is 36.6 Å². The van der Waals surface area contributed by atoms with E-state index in [4.69, 9.17) is 16.7 Å². The molecule has 1 aliphatic heterocycles. The number of halogens is 1. The van der Waals surface area contributed by atoms with Gasteiger partial charge in [0.2, 0.25) is 0 Å². The number of carbonyl (C=O) groups excluding carboxylic acids is 1. The van der Waals surface area contributed by atoms with Gasteiger partial charge in [0.05, 0.1) is 5.69 Å². The van der Waals surface area contributed by atoms with Gasteiger partial charge in [-0.05, 0) is 43.0 Å². The van der Waals surface area contributed by atoms with Gasteiger partial charge in [0.1, 0.15) is 11.9 Å². The minimum absolute atomic E-state index is 0.203. The molecule has 2 aromatic carbocycles. The number of benzene rings is 2. The molecule has 0 saturated heterocycles. The van der Waals surface area contributed by atoms with Crippen LogP contribution in [0.2, 0.25) is 5.02 Å². The maximum absolute atomic E-state index is 12.9. The van der Waals surface area contributed by atoms with Gasteiger partial charge in [-0.1, -0.05) is 54.1 Å². The second-order valence-corrected chi connectivity index (χ2v) is 7.80. The Morgan fingerprint density at radius 3 is 2.57 bits per heavy atom. The number of aryl methyl sites for hydroxylation is 1. The summed E-state index contributed by atoms with van der Waals surface area (Å²) in [4.78, 5) is 12.9. The van der Waals surface area contributed by atoms with E-state index in [9.17, 15) is 4.79 Å². The molecule has 1 aromatic heterocycles. The van der Waals surface area contributed by atoms with E-state index in [1.807, 2.05) is 54.1 Å². The Morgan fingerprint density at radius 2 is 1.82 bits per heavy atom. The summed E-state index contributed by atoms with van der Waals surface area (Å²) in [6, 6.07) is 17.8. The van der Waals surface area contributed by atoms with Crippen molar-refractivity contribution in [1.29, 1.82) is 0 Å². The van der Waals surface area contributed by atoms with Crippen LogP contribution >= 0.6 is 11.6 Å². The molecule has 1 N–H and O–H groups in total. The van der Waals surface area contributed by atoms with Crippen molar-refractivity contribution in [2.75, 3.05) is 5.32 Å². The van der Waals surface area contributed by atoms with Gasteiger partial charge in [-0.15, -0.1) is 0 Å². The van der Waals surface area contributed by atoms with Crippen LogP contribution < -0.4 is 5.32 Å². The summed E-state index contributed by atoms with van der Waals surface area (Å²) in [5.41, 5.74) is 6.04. The first kappa shape index (κ1) is 17.3. The molecule has 28 heavy (non-hydrogen) atoms. The summed E-state index contributed by atoms with van der Waals surface area (Å²) in [5.74, 6) is 1.16. The minimum Gasteiger partial charge on any atom is -0.343 e. The Labute approximate surface area is 168 Å². The lowest BCUT2D eigenvalue weighted by molar-refractivity contribution is -0.116. The van der Waals surface area contributed by atoms with Crippen LogP contribution in [-0.2, 0) is 4.79 Å². The number of allylic oxidation sites excluding steroid dienone is 2. The summed E-state index contributed by atoms with van der Waals surface area (Å²) < 4.78 is 1.98. The fraction of sp³-hybridized carbons (Fsp3) is 0.217. The lowest BCUT2D eigenvalue weighted by Crippen LogP contribution is -2.31. The number of aromatic nitrogens is 2. The first-order valence-corrected chi connectivity index (χ1v) is 9.94. The first-order valence-electron chi connectivity index (χ1n) is 9.57. The molecule has 0 spiro atoms. The van der Waals surface area contributed by atoms with E-state index in [1.165, 1.54) is 0 Å². The fourth-order valence-electron chi connectivity index (χ4n) is 4.33. The van der Waals surface area contributed by atoms with E-state index in [-0.39, 0.29) is 11.8 Å². The van der Waals surface area contributed by atoms with Gasteiger partial charge < -0.3 is 5.32 Å². The number of rotatable bonds is 2. The number of nitrogens with zero attached hydrogens (tertiary/aromatic N) is 2. The van der Waals surface area contributed by atoms with E-state index in [2.05, 4.69) is 17.4 Å². The molecular weight excluding hydrogens is 370 g/mol. The fourth-order valence-corrected chi connectivity index (χ4v) is 4.46. The molecule has 0 amide bonds. The lowest BCUT2D eigenvalue weighted by Gasteiger charge is -2.33. The third kappa shape index (κ3) is 2.68. The predicted octanol–water partition coefficient (Wildman–Crippen LogP) is 5.53. The zero-order valence-electron chi connectivity index (χ0n) is 15.6. The molecule has 0 bridgehead atoms. The molecule has 1 atom stereocenters. The number of ketones is 1. The van der Waals surface area contributed by atoms with Crippen LogP contribution in [0.5, 0.6) is 0 Å². The summed E-state index contributed by atoms with van der Waals surface area (Å²) in [6.07, 6.45) is 2.35. The highest BCUT2D eigenvalue weighted by molar-refractivity contribution is 6.30. The quantitative estimate of drug-likeness (QED) is 0.626. The molecule has 140 valence electrons. The monoisotopic (exact) mass is 389 g/mol. The zero-order chi connectivity index (χ0) is 19.3. The molecule has 5 heteroatoms. The van der Waals surface area contributed by atoms with E-state index in [0.717, 1.165) is 52.3 Å². The molecule has 1 unspecified atom stereocenters. The summed E-state index contributed by atoms with van der Waals surface area (Å²) >= 11 is 6.11. The standard InChI is InChI=1S/C23H20ClN3O/c1-14-20(15-6-3-2-4-7-15)23-25-18-8-5-9-19(28)21(18)22(27(23)26-14)16-10-12-17(24)13-11-16/h2-4,6-7,10-13,22,25H,5,8-9H2,1H3. The van der Waals surface area contributed by atoms with Crippen LogP contribution in [0.15, 0.2) is 65.9 Å². The average Bonchev–Trinajstić information content (AvgIpc) is 3.03. The summed E-state index contributed by atoms with van der Waals surface area (Å²) in [5, 5.41) is 9.11. The van der Waals surface area contributed by atoms with Crippen LogP contribution in [0.4, 0.5) is 5.82 Å². The molecule has 0 radical (unpaired) electrons. The molecule has 4 nitrogen and oxygen atoms in total. The number of hydrogen-bond acceptors (Lipinski definition) is 3. The number of nitrogens with one attached hydrogen (secondary N) is 1. The summed E-state index contributed by atoms with van der Waals surface area (Å²) in [6.45, 7) is 2.02. The largest absolute Gasteiger partial charge is 0.343 e. The predicted molar refractivity (Wildman–Crippen MR) is 111 cm³/mol. The Morgan fingerprint density at radius 1 is 1.07 bits per heavy atom. The lowest BCUT2D eigenvalue weighted by atomic mass is 9.85. The Hall–Kier alpha value is -2.85. The van der Waals surface area contributed by atoms with Gasteiger partial charge >= 0.3 is 0 Å². The molecule has 5 rings (SSSR count). The maximum Gasteiger partial charge on any atom is 0.163 e. The highest BCUT2D eigenvalue weighted by Gasteiger charge is 2.37. The topological polar surface area (TPSA) is 46.9 Å². The van der Waals surface area contributed by atoms with Crippen molar-refractivity contribution in [3.8, 4) is 11.1 Å². The molecule has 1 aliphatic carbocycles. The number of Topliss-reactive ketones (excluding diaryl/α,β-unsaturated/α-hetero) is 1. The van der Waals surface area contributed by atoms with E-state index in [0.29, 0.717) is 11.4 Å². The number of carbonyl (C=O) groups is 1. The normalized spacial score (nSPS) is 18.5. The molecule has 3 aromatic rings. The van der Waals surface area contributed by atoms with Crippen molar-refractivity contribution in [3.63, 3.8) is 0 Å². The molecular formula is C23H20ClN3O. The Bertz CT molecular complexity index is 1100. The van der Waals surface area contributed by atoms with Crippen molar-refractivity contribution in [1.82, 2.24) is 9.78 Å². The van der Waals surface area contributed by atoms with Gasteiger partial charge in [0.15, 0.2) is 5.78 Å². The average molecular weight is 390 g/mol. The minimum atomic E-state index is -0.229. The van der Waals surface area contributed by atoms with Crippen molar-refractivity contribution >= 4 is 23.2 Å². The van der Waals surface area contributed by atoms with E-state index >= 15 is 0 Å². The highest BCUT2D eigenvalue weighted by atomic mass is 35.5. The molecule has 2 aliphatic rings. The second kappa shape index (κ2) is 6.64. The van der Waals surface area contributed by atoms with Gasteiger partial charge in [-0.2, -0.15) is 5.10 Å². The number of hydrogen-bond donors (Lipinski definition) is 1. The van der Waals surface area contributed by atoms with E-state index in [1.54, 1.807) is 0 Å². The van der Waals surface area contributed by atoms with Crippen molar-refractivity contribution < 1.29 is 4.79 Å².